The van der Waals surface area contributed by atoms with E-state index >= 15 is 0 Å². The quantitative estimate of drug-likeness (QED) is 0.103. The third kappa shape index (κ3) is 13.0. The lowest BCUT2D eigenvalue weighted by atomic mass is 9.89. The number of carbonyl (C=O) groups excluding carboxylic acids is 1. The Balaban J connectivity index is 1.20. The minimum absolute atomic E-state index is 0.00661. The van der Waals surface area contributed by atoms with E-state index < -0.39 is 0 Å². The van der Waals surface area contributed by atoms with Gasteiger partial charge < -0.3 is 33.2 Å². The van der Waals surface area contributed by atoms with Crippen LogP contribution in [0.2, 0.25) is 0 Å². The highest BCUT2D eigenvalue weighted by molar-refractivity contribution is 9.11. The molecule has 0 amide bonds. The van der Waals surface area contributed by atoms with Crippen LogP contribution in [0.1, 0.15) is 101 Å². The Morgan fingerprint density at radius 3 is 2.25 bits per heavy atom. The van der Waals surface area contributed by atoms with Crippen LogP contribution in [0.5, 0.6) is 0 Å². The zero-order chi connectivity index (χ0) is 33.4. The zero-order valence-corrected chi connectivity index (χ0v) is 31.2. The van der Waals surface area contributed by atoms with Gasteiger partial charge in [0.25, 0.3) is 0 Å². The molecule has 4 fully saturated rings. The molecule has 0 bridgehead atoms. The first kappa shape index (κ1) is 38.3. The van der Waals surface area contributed by atoms with Crippen LogP contribution in [0.15, 0.2) is 40.2 Å². The molecule has 1 aromatic rings. The third-order valence-electron chi connectivity index (χ3n) is 9.92. The van der Waals surface area contributed by atoms with Gasteiger partial charge in [-0.3, -0.25) is 4.79 Å². The number of hydrogen-bond donors (Lipinski definition) is 0. The molecule has 4 unspecified atom stereocenters. The van der Waals surface area contributed by atoms with Gasteiger partial charge in [0, 0.05) is 50.6 Å². The predicted molar refractivity (Wildman–Crippen MR) is 191 cm³/mol. The average Bonchev–Trinajstić information content (AvgIpc) is 3.68. The molecule has 1 aliphatic carbocycles. The van der Waals surface area contributed by atoms with Crippen molar-refractivity contribution < 1.29 is 38.0 Å². The van der Waals surface area contributed by atoms with Crippen molar-refractivity contribution in [2.75, 3.05) is 33.5 Å². The van der Waals surface area contributed by atoms with Gasteiger partial charge in [-0.2, -0.15) is 0 Å². The number of hydrogen-bond acceptors (Lipinski definition) is 9. The van der Waals surface area contributed by atoms with Gasteiger partial charge >= 0.3 is 0 Å². The number of allylic oxidation sites excluding steroid dienone is 2. The van der Waals surface area contributed by atoms with Crippen molar-refractivity contribution in [3.63, 3.8) is 0 Å². The molecular formula is C38H57BrO8S. The summed E-state index contributed by atoms with van der Waals surface area (Å²) < 4.78 is 43.9. The van der Waals surface area contributed by atoms with E-state index in [9.17, 15) is 4.79 Å². The maximum atomic E-state index is 12.4. The summed E-state index contributed by atoms with van der Waals surface area (Å²) in [6, 6.07) is 4.30. The molecule has 0 aromatic carbocycles. The van der Waals surface area contributed by atoms with Crippen LogP contribution in [-0.4, -0.2) is 76.5 Å². The monoisotopic (exact) mass is 752 g/mol. The molecule has 270 valence electrons. The van der Waals surface area contributed by atoms with Crippen molar-refractivity contribution in [1.82, 2.24) is 0 Å². The van der Waals surface area contributed by atoms with Crippen LogP contribution >= 0.6 is 27.3 Å². The lowest BCUT2D eigenvalue weighted by molar-refractivity contribution is -0.203. The van der Waals surface area contributed by atoms with E-state index in [0.29, 0.717) is 6.42 Å². The number of unbranched alkanes of at least 4 members (excludes halogenated alkanes) is 1. The van der Waals surface area contributed by atoms with Crippen molar-refractivity contribution >= 4 is 33.0 Å². The second-order valence-corrected chi connectivity index (χ2v) is 16.1. The molecule has 4 aliphatic rings. The first-order chi connectivity index (χ1) is 23.6. The van der Waals surface area contributed by atoms with Crippen molar-refractivity contribution in [1.29, 1.82) is 0 Å². The average molecular weight is 754 g/mol. The molecule has 5 rings (SSSR count). The Morgan fingerprint density at radius 2 is 1.62 bits per heavy atom. The number of methoxy groups -OCH3 is 1. The molecular weight excluding hydrogens is 696 g/mol. The van der Waals surface area contributed by atoms with Crippen LogP contribution in [0, 0.1) is 11.8 Å². The van der Waals surface area contributed by atoms with Crippen molar-refractivity contribution in [3.8, 4) is 0 Å². The maximum Gasteiger partial charge on any atom is 0.158 e. The number of thiophene rings is 1. The summed E-state index contributed by atoms with van der Waals surface area (Å²) in [6.07, 6.45) is 23.7. The standard InChI is InChI=1S/C38H57BrO8S/c1-41-29(17-19-30-20-22-35(39)48-30)18-21-32-31(13-5-3-2-4-12-28(40)27-45-36-14-6-9-23-42-36)33(46-37-15-7-10-24-43-37)26-34(32)47-38-16-8-11-25-44-38/h3,5,18,20-22,29,31-34,36-38H,2,4,6-17,19,23-27H2,1H3/t29?,31-,32-,33+,34-,36?,37?,38?/m1/s1. The molecule has 8 nitrogen and oxygen atoms in total. The summed E-state index contributed by atoms with van der Waals surface area (Å²) in [5, 5.41) is 0. The Kier molecular flexibility index (Phi) is 17.1. The first-order valence-electron chi connectivity index (χ1n) is 18.5. The number of rotatable bonds is 19. The molecule has 0 spiro atoms. The largest absolute Gasteiger partial charge is 0.377 e. The fourth-order valence-corrected chi connectivity index (χ4v) is 8.69. The topological polar surface area (TPSA) is 81.7 Å². The number of carbonyl (C=O) groups is 1. The highest BCUT2D eigenvalue weighted by Crippen LogP contribution is 2.42. The zero-order valence-electron chi connectivity index (χ0n) is 28.8. The number of halogens is 1. The predicted octanol–water partition coefficient (Wildman–Crippen LogP) is 8.70. The van der Waals surface area contributed by atoms with Gasteiger partial charge in [0.05, 0.1) is 22.1 Å². The molecule has 1 saturated carbocycles. The van der Waals surface area contributed by atoms with Gasteiger partial charge in [0.2, 0.25) is 0 Å². The lowest BCUT2D eigenvalue weighted by Crippen LogP contribution is -2.31. The lowest BCUT2D eigenvalue weighted by Gasteiger charge is -2.30. The van der Waals surface area contributed by atoms with Crippen LogP contribution in [-0.2, 0) is 44.4 Å². The number of ether oxygens (including phenoxy) is 7. The van der Waals surface area contributed by atoms with E-state index in [-0.39, 0.29) is 61.4 Å². The van der Waals surface area contributed by atoms with Crippen LogP contribution in [0.4, 0.5) is 0 Å². The minimum Gasteiger partial charge on any atom is -0.377 e. The van der Waals surface area contributed by atoms with Crippen LogP contribution in [0.3, 0.4) is 0 Å². The normalized spacial score (nSPS) is 30.8. The van der Waals surface area contributed by atoms with Crippen molar-refractivity contribution in [3.05, 3.63) is 45.1 Å². The van der Waals surface area contributed by atoms with Crippen LogP contribution < -0.4 is 0 Å². The molecule has 0 N–H and O–H groups in total. The molecule has 0 radical (unpaired) electrons. The van der Waals surface area contributed by atoms with Crippen molar-refractivity contribution in [2.24, 2.45) is 11.8 Å². The summed E-state index contributed by atoms with van der Waals surface area (Å²) >= 11 is 5.37. The molecule has 10 heteroatoms. The Labute approximate surface area is 300 Å². The van der Waals surface area contributed by atoms with E-state index in [2.05, 4.69) is 52.4 Å². The van der Waals surface area contributed by atoms with E-state index in [4.69, 9.17) is 33.2 Å². The number of aryl methyl sites for hydroxylation is 1. The second kappa shape index (κ2) is 21.4. The minimum atomic E-state index is -0.217. The fraction of sp³-hybridized carbons (Fsp3) is 0.763. The van der Waals surface area contributed by atoms with Gasteiger partial charge in [-0.05, 0) is 124 Å². The molecule has 4 heterocycles. The third-order valence-corrected chi connectivity index (χ3v) is 11.6. The van der Waals surface area contributed by atoms with Gasteiger partial charge in [0.15, 0.2) is 24.7 Å². The SMILES string of the molecule is COC(C=C[C@@H]1[C@@H](CC=CCCCC(=O)COC2CCCCO2)[C@@H](OC2CCCCO2)C[C@H]1OC1CCCCO1)CCc1ccc(Br)s1. The highest BCUT2D eigenvalue weighted by Gasteiger charge is 2.45. The van der Waals surface area contributed by atoms with Gasteiger partial charge in [0.1, 0.15) is 6.61 Å². The second-order valence-electron chi connectivity index (χ2n) is 13.6. The molecule has 8 atom stereocenters. The highest BCUT2D eigenvalue weighted by atomic mass is 79.9. The number of Topliss-reactive ketones (excluding diaryl/α,β-unsaturated/α-hetero) is 1. The maximum absolute atomic E-state index is 12.4. The summed E-state index contributed by atoms with van der Waals surface area (Å²) in [6.45, 7) is 2.39. The van der Waals surface area contributed by atoms with E-state index in [1.54, 1.807) is 18.4 Å². The molecule has 3 saturated heterocycles. The van der Waals surface area contributed by atoms with Gasteiger partial charge in [-0.15, -0.1) is 11.3 Å². The summed E-state index contributed by atoms with van der Waals surface area (Å²) in [5.74, 6) is 0.528. The van der Waals surface area contributed by atoms with E-state index in [0.717, 1.165) is 120 Å². The van der Waals surface area contributed by atoms with E-state index in [1.165, 1.54) is 4.88 Å². The van der Waals surface area contributed by atoms with Crippen LogP contribution in [0.25, 0.3) is 0 Å². The summed E-state index contributed by atoms with van der Waals surface area (Å²) in [4.78, 5) is 13.8. The Morgan fingerprint density at radius 1 is 0.938 bits per heavy atom. The first-order valence-corrected chi connectivity index (χ1v) is 20.1. The molecule has 3 aliphatic heterocycles. The summed E-state index contributed by atoms with van der Waals surface area (Å²) in [7, 11) is 1.80. The van der Waals surface area contributed by atoms with Crippen molar-refractivity contribution in [2.45, 2.75) is 140 Å². The van der Waals surface area contributed by atoms with Gasteiger partial charge in [-0.1, -0.05) is 24.3 Å². The molecule has 1 aromatic heterocycles. The number of ketones is 1. The smallest absolute Gasteiger partial charge is 0.158 e. The fourth-order valence-electron chi connectivity index (χ4n) is 7.19. The molecule has 48 heavy (non-hydrogen) atoms. The summed E-state index contributed by atoms with van der Waals surface area (Å²) in [5.41, 5.74) is 0. The Bertz CT molecular complexity index is 1110. The van der Waals surface area contributed by atoms with Gasteiger partial charge in [-0.25, -0.2) is 0 Å². The Hall–Kier alpha value is -0.950. The van der Waals surface area contributed by atoms with E-state index in [1.807, 2.05) is 0 Å².